The summed E-state index contributed by atoms with van der Waals surface area (Å²) in [4.78, 5) is 32.8. The lowest BCUT2D eigenvalue weighted by molar-refractivity contribution is -0.428. The molecular formula is C66H99NO14Si. The summed E-state index contributed by atoms with van der Waals surface area (Å²) < 4.78 is 75.1. The Morgan fingerprint density at radius 3 is 2.04 bits per heavy atom. The van der Waals surface area contributed by atoms with Crippen LogP contribution in [0.25, 0.3) is 0 Å². The smallest absolute Gasteiger partial charge is 0.329 e. The molecule has 0 aromatic heterocycles. The summed E-state index contributed by atoms with van der Waals surface area (Å²) in [5, 5.41) is 13.5. The molecule has 456 valence electrons. The van der Waals surface area contributed by atoms with Crippen LogP contribution in [0.2, 0.25) is 5.04 Å². The van der Waals surface area contributed by atoms with Crippen LogP contribution in [0, 0.1) is 29.6 Å². The number of piperidine rings is 1. The number of rotatable bonds is 9. The van der Waals surface area contributed by atoms with Crippen LogP contribution >= 0.6 is 0 Å². The maximum atomic E-state index is 15.6. The first kappa shape index (κ1) is 63.1. The second kappa shape index (κ2) is 25.2. The zero-order chi connectivity index (χ0) is 59.2. The number of nitrogens with zero attached hydrogens (tertiary/aromatic N) is 1. The van der Waals surface area contributed by atoms with Crippen LogP contribution in [-0.2, 0) is 61.4 Å². The van der Waals surface area contributed by atoms with Crippen molar-refractivity contribution >= 4 is 30.6 Å². The van der Waals surface area contributed by atoms with Gasteiger partial charge in [0.1, 0.15) is 18.2 Å². The van der Waals surface area contributed by atoms with E-state index in [4.69, 9.17) is 51.8 Å². The normalized spacial score (nSPS) is 38.9. The fourth-order valence-corrected chi connectivity index (χ4v) is 20.1. The van der Waals surface area contributed by atoms with Gasteiger partial charge in [-0.15, -0.1) is 0 Å². The molecule has 6 fully saturated rings. The second-order valence-corrected chi connectivity index (χ2v) is 31.6. The number of fused-ring (bicyclic) bond motifs is 3. The maximum absolute atomic E-state index is 15.6. The van der Waals surface area contributed by atoms with E-state index in [1.165, 1.54) is 10.4 Å². The molecule has 15 nitrogen and oxygen atoms in total. The first-order valence-corrected chi connectivity index (χ1v) is 32.7. The number of aliphatic hydroxyl groups is 1. The van der Waals surface area contributed by atoms with Crippen LogP contribution in [-0.4, -0.2) is 149 Å². The van der Waals surface area contributed by atoms with Crippen molar-refractivity contribution in [2.45, 2.75) is 243 Å². The number of carbonyl (C=O) groups excluding carboxylic acids is 2. The van der Waals surface area contributed by atoms with Crippen molar-refractivity contribution in [3.05, 3.63) is 84.0 Å². The van der Waals surface area contributed by atoms with Gasteiger partial charge >= 0.3 is 5.97 Å². The number of allylic oxidation sites excluding steroid dienone is 2. The maximum Gasteiger partial charge on any atom is 0.329 e. The molecule has 4 bridgehead atoms. The van der Waals surface area contributed by atoms with Crippen LogP contribution < -0.4 is 10.4 Å². The van der Waals surface area contributed by atoms with Crippen LogP contribution in [0.3, 0.4) is 0 Å². The van der Waals surface area contributed by atoms with Gasteiger partial charge < -0.3 is 61.8 Å². The third-order valence-electron chi connectivity index (χ3n) is 19.2. The van der Waals surface area contributed by atoms with Gasteiger partial charge in [0.15, 0.2) is 23.5 Å². The van der Waals surface area contributed by atoms with E-state index in [9.17, 15) is 5.11 Å². The highest BCUT2D eigenvalue weighted by Gasteiger charge is 2.66. The lowest BCUT2D eigenvalue weighted by atomic mass is 9.78. The van der Waals surface area contributed by atoms with Gasteiger partial charge in [0.05, 0.1) is 43.2 Å². The van der Waals surface area contributed by atoms with Crippen molar-refractivity contribution in [3.8, 4) is 0 Å². The van der Waals surface area contributed by atoms with Crippen LogP contribution in [0.15, 0.2) is 84.0 Å². The van der Waals surface area contributed by atoms with Crippen molar-refractivity contribution < 1.29 is 66.5 Å². The van der Waals surface area contributed by atoms with Gasteiger partial charge in [-0.05, 0) is 139 Å². The Hall–Kier alpha value is -3.36. The standard InChI is InChI=1S/C66H99NO14Si/c1-41-32-42(2)34-54(72-14)58-55(73-15)36-44(4)66(77-58)59(78-64(11,12)81-66)60(69)67-31-23-22-28-51(67)61(70)75-57(45(5)56-39-65(80-63(9,10)76-56)47(33-41)38-48(68)40-74-65)43(3)35-46-29-30-52(53(37-46)71-13)79-82(62(6,7)8,49-24-18-16-19-25-49)50-26-20-17-21-27-50/h16-21,24-27,33,35,42,44-48,51-59,68H,22-23,28-32,34,36-40H2,1-15H3/b41-33?,43-35+/t42-,44+,45+,46-,47-,48+,51-,52+,53+,54-,55-,56-,57+,58+,59-,65+,66+/m0/s1. The van der Waals surface area contributed by atoms with Gasteiger partial charge in [-0.2, -0.15) is 0 Å². The summed E-state index contributed by atoms with van der Waals surface area (Å²) in [7, 11) is 2.25. The minimum atomic E-state index is -2.91. The topological polar surface area (TPSA) is 159 Å². The summed E-state index contributed by atoms with van der Waals surface area (Å²) in [6.07, 6.45) is 6.18. The minimum absolute atomic E-state index is 0.0602. The summed E-state index contributed by atoms with van der Waals surface area (Å²) in [6.45, 7) is 25.3. The SMILES string of the molecule is CO[C@H]1C[C@@H](C)CC(C)=C[C@H]2C[C@@H](O)CO[C@@]23C[C@H](OC(C)(C)O3)[C@@H](C)[C@@H](/C(C)=C/[C@@H]2CC[C@@H](O[Si](c3ccccc3)(c3ccccc3)C(C)(C)C)[C@H](OC)C2)OC(=O)[C@@H]2CCCCN2C(=O)[C@@H]2OC(C)(C)O[C@@]23O[C@H]1[C@@H](OC)C[C@H]3C. The largest absolute Gasteiger partial charge is 0.456 e. The van der Waals surface area contributed by atoms with Crippen molar-refractivity contribution in [2.75, 3.05) is 34.5 Å². The molecule has 0 radical (unpaired) electrons. The lowest BCUT2D eigenvalue weighted by Crippen LogP contribution is -2.68. The number of methoxy groups -OCH3 is 3. The van der Waals surface area contributed by atoms with E-state index in [0.717, 1.165) is 36.8 Å². The van der Waals surface area contributed by atoms with Gasteiger partial charge in [-0.1, -0.05) is 120 Å². The Morgan fingerprint density at radius 2 is 1.40 bits per heavy atom. The van der Waals surface area contributed by atoms with Gasteiger partial charge in [-0.3, -0.25) is 4.79 Å². The summed E-state index contributed by atoms with van der Waals surface area (Å²) in [5.74, 6) is -6.80. The Morgan fingerprint density at radius 1 is 0.768 bits per heavy atom. The van der Waals surface area contributed by atoms with Crippen LogP contribution in [0.4, 0.5) is 0 Å². The first-order valence-electron chi connectivity index (χ1n) is 30.8. The first-order chi connectivity index (χ1) is 38.8. The lowest BCUT2D eigenvalue weighted by Gasteiger charge is -2.54. The molecule has 2 aromatic carbocycles. The second-order valence-electron chi connectivity index (χ2n) is 27.4. The van der Waals surface area contributed by atoms with E-state index in [1.54, 1.807) is 26.2 Å². The van der Waals surface area contributed by atoms with Crippen molar-refractivity contribution in [3.63, 3.8) is 0 Å². The predicted octanol–water partition coefficient (Wildman–Crippen LogP) is 9.94. The summed E-state index contributed by atoms with van der Waals surface area (Å²) in [5.41, 5.74) is 2.00. The number of amides is 1. The molecule has 82 heavy (non-hydrogen) atoms. The van der Waals surface area contributed by atoms with Crippen LogP contribution in [0.5, 0.6) is 0 Å². The van der Waals surface area contributed by atoms with Gasteiger partial charge in [0, 0.05) is 52.0 Å². The molecule has 2 aromatic rings. The zero-order valence-corrected chi connectivity index (χ0v) is 53.0. The quantitative estimate of drug-likeness (QED) is 0.144. The zero-order valence-electron chi connectivity index (χ0n) is 52.0. The number of hydrogen-bond donors (Lipinski definition) is 1. The van der Waals surface area contributed by atoms with E-state index in [1.807, 2.05) is 34.6 Å². The molecule has 17 atom stereocenters. The Kier molecular flexibility index (Phi) is 19.4. The molecule has 16 heteroatoms. The van der Waals surface area contributed by atoms with E-state index < -0.39 is 86.0 Å². The molecular weight excluding hydrogens is 1060 g/mol. The number of carbonyl (C=O) groups is 2. The Labute approximate surface area is 490 Å². The molecule has 1 aliphatic carbocycles. The molecule has 0 unspecified atom stereocenters. The average molecular weight is 1160 g/mol. The van der Waals surface area contributed by atoms with E-state index >= 15 is 9.59 Å². The molecule has 6 aliphatic heterocycles. The Bertz CT molecular complexity index is 2510. The highest BCUT2D eigenvalue weighted by molar-refractivity contribution is 6.99. The molecule has 5 saturated heterocycles. The van der Waals surface area contributed by atoms with Gasteiger partial charge in [0.2, 0.25) is 5.79 Å². The Balaban J connectivity index is 1.09. The van der Waals surface area contributed by atoms with E-state index in [2.05, 4.69) is 121 Å². The highest BCUT2D eigenvalue weighted by Crippen LogP contribution is 2.52. The number of benzene rings is 2. The summed E-state index contributed by atoms with van der Waals surface area (Å²) >= 11 is 0. The summed E-state index contributed by atoms with van der Waals surface area (Å²) in [6, 6.07) is 20.6. The molecule has 9 rings (SSSR count). The van der Waals surface area contributed by atoms with E-state index in [-0.39, 0.29) is 59.5 Å². The number of ether oxygens (including phenoxy) is 10. The monoisotopic (exact) mass is 1160 g/mol. The minimum Gasteiger partial charge on any atom is -0.456 e. The van der Waals surface area contributed by atoms with Gasteiger partial charge in [-0.25, -0.2) is 4.79 Å². The molecule has 6 heterocycles. The molecule has 2 spiro atoms. The molecule has 1 saturated carbocycles. The highest BCUT2D eigenvalue weighted by atomic mass is 28.4. The number of esters is 1. The fourth-order valence-electron chi connectivity index (χ4n) is 15.4. The van der Waals surface area contributed by atoms with E-state index in [0.29, 0.717) is 51.5 Å². The third-order valence-corrected chi connectivity index (χ3v) is 24.3. The molecule has 1 amide bonds. The molecule has 7 aliphatic rings. The number of aliphatic hydroxyl groups excluding tert-OH is 1. The predicted molar refractivity (Wildman–Crippen MR) is 315 cm³/mol. The average Bonchev–Trinajstić information content (AvgIpc) is 3.87. The van der Waals surface area contributed by atoms with Crippen molar-refractivity contribution in [1.82, 2.24) is 4.90 Å². The van der Waals surface area contributed by atoms with Crippen molar-refractivity contribution in [2.24, 2.45) is 29.6 Å². The fraction of sp³-hybridized carbons (Fsp3) is 0.727. The third kappa shape index (κ3) is 12.9. The number of cyclic esters (lactones) is 1. The van der Waals surface area contributed by atoms with Gasteiger partial charge in [0.25, 0.3) is 14.2 Å². The molecule has 1 N–H and O–H groups in total. The number of hydrogen-bond acceptors (Lipinski definition) is 14. The van der Waals surface area contributed by atoms with Crippen molar-refractivity contribution in [1.29, 1.82) is 0 Å². The van der Waals surface area contributed by atoms with Crippen LogP contribution in [0.1, 0.15) is 154 Å².